The van der Waals surface area contributed by atoms with Crippen molar-refractivity contribution in [3.05, 3.63) is 24.2 Å². The summed E-state index contributed by atoms with van der Waals surface area (Å²) in [6.07, 6.45) is 7.47. The van der Waals surface area contributed by atoms with Crippen LogP contribution >= 0.6 is 0 Å². The first-order valence-corrected chi connectivity index (χ1v) is 7.93. The van der Waals surface area contributed by atoms with Gasteiger partial charge in [0.15, 0.2) is 5.65 Å². The molecule has 0 spiro atoms. The van der Waals surface area contributed by atoms with E-state index in [1.165, 1.54) is 6.42 Å². The highest BCUT2D eigenvalue weighted by atomic mass is 16.5. The van der Waals surface area contributed by atoms with Crippen LogP contribution in [0.2, 0.25) is 0 Å². The maximum absolute atomic E-state index is 5.80. The third kappa shape index (κ3) is 2.56. The molecule has 1 unspecified atom stereocenters. The predicted octanol–water partition coefficient (Wildman–Crippen LogP) is 2.50. The molecule has 5 nitrogen and oxygen atoms in total. The van der Waals surface area contributed by atoms with Gasteiger partial charge in [0.1, 0.15) is 11.3 Å². The second-order valence-electron chi connectivity index (χ2n) is 5.93. The van der Waals surface area contributed by atoms with Gasteiger partial charge in [-0.1, -0.05) is 0 Å². The van der Waals surface area contributed by atoms with Gasteiger partial charge in [-0.2, -0.15) is 0 Å². The Kier molecular flexibility index (Phi) is 3.61. The first kappa shape index (κ1) is 13.2. The van der Waals surface area contributed by atoms with Crippen LogP contribution in [-0.4, -0.2) is 40.5 Å². The second kappa shape index (κ2) is 5.73. The normalized spacial score (nSPS) is 23.9. The van der Waals surface area contributed by atoms with Crippen molar-refractivity contribution >= 4 is 11.2 Å². The molecule has 0 aliphatic carbocycles. The van der Waals surface area contributed by atoms with Crippen LogP contribution in [-0.2, 0) is 15.9 Å². The molecule has 2 aliphatic rings. The molecule has 0 N–H and O–H groups in total. The molecule has 0 aromatic carbocycles. The molecule has 2 aromatic rings. The van der Waals surface area contributed by atoms with Crippen molar-refractivity contribution < 1.29 is 9.47 Å². The Morgan fingerprint density at radius 3 is 2.90 bits per heavy atom. The van der Waals surface area contributed by atoms with Crippen LogP contribution in [0.1, 0.15) is 37.5 Å². The molecular formula is C16H21N3O2. The summed E-state index contributed by atoms with van der Waals surface area (Å²) >= 11 is 0. The van der Waals surface area contributed by atoms with E-state index in [2.05, 4.69) is 15.6 Å². The van der Waals surface area contributed by atoms with Crippen LogP contribution in [0.3, 0.4) is 0 Å². The number of imidazole rings is 1. The maximum Gasteiger partial charge on any atom is 0.160 e. The zero-order valence-corrected chi connectivity index (χ0v) is 12.2. The molecule has 4 heterocycles. The lowest BCUT2D eigenvalue weighted by atomic mass is 10.1. The molecule has 2 aliphatic heterocycles. The zero-order chi connectivity index (χ0) is 14.1. The van der Waals surface area contributed by atoms with Crippen molar-refractivity contribution in [1.29, 1.82) is 0 Å². The largest absolute Gasteiger partial charge is 0.381 e. The van der Waals surface area contributed by atoms with Gasteiger partial charge in [-0.3, -0.25) is 0 Å². The Hall–Kier alpha value is -1.46. The molecule has 0 bridgehead atoms. The molecule has 4 rings (SSSR count). The summed E-state index contributed by atoms with van der Waals surface area (Å²) in [5, 5.41) is 0. The molecule has 0 radical (unpaired) electrons. The van der Waals surface area contributed by atoms with Crippen LogP contribution in [0.5, 0.6) is 0 Å². The van der Waals surface area contributed by atoms with Gasteiger partial charge in [-0.25, -0.2) is 9.97 Å². The summed E-state index contributed by atoms with van der Waals surface area (Å²) in [5.74, 6) is 1.13. The number of fused-ring (bicyclic) bond motifs is 1. The molecule has 5 heteroatoms. The highest BCUT2D eigenvalue weighted by molar-refractivity contribution is 5.71. The average Bonchev–Trinajstić information content (AvgIpc) is 3.15. The maximum atomic E-state index is 5.80. The van der Waals surface area contributed by atoms with Gasteiger partial charge in [0.25, 0.3) is 0 Å². The Labute approximate surface area is 124 Å². The van der Waals surface area contributed by atoms with Crippen molar-refractivity contribution in [3.8, 4) is 0 Å². The highest BCUT2D eigenvalue weighted by Crippen LogP contribution is 2.28. The van der Waals surface area contributed by atoms with Gasteiger partial charge in [0, 0.05) is 38.5 Å². The number of ether oxygens (including phenoxy) is 2. The molecule has 0 amide bonds. The minimum atomic E-state index is 0.320. The molecular weight excluding hydrogens is 266 g/mol. The first-order chi connectivity index (χ1) is 10.4. The van der Waals surface area contributed by atoms with Gasteiger partial charge in [0.05, 0.1) is 6.10 Å². The lowest BCUT2D eigenvalue weighted by Crippen LogP contribution is -2.23. The number of aromatic nitrogens is 3. The van der Waals surface area contributed by atoms with Gasteiger partial charge < -0.3 is 14.0 Å². The summed E-state index contributed by atoms with van der Waals surface area (Å²) in [6, 6.07) is 4.46. The lowest BCUT2D eigenvalue weighted by molar-refractivity contribution is 0.0681. The fourth-order valence-corrected chi connectivity index (χ4v) is 3.46. The van der Waals surface area contributed by atoms with E-state index >= 15 is 0 Å². The SMILES string of the molecule is c1cnc2c(c1)nc(CC1CCCO1)n2C1CCOCC1. The number of rotatable bonds is 3. The minimum Gasteiger partial charge on any atom is -0.381 e. The monoisotopic (exact) mass is 287 g/mol. The van der Waals surface area contributed by atoms with Gasteiger partial charge in [-0.15, -0.1) is 0 Å². The van der Waals surface area contributed by atoms with Crippen LogP contribution < -0.4 is 0 Å². The van der Waals surface area contributed by atoms with E-state index < -0.39 is 0 Å². The van der Waals surface area contributed by atoms with Gasteiger partial charge in [0.2, 0.25) is 0 Å². The Morgan fingerprint density at radius 2 is 2.10 bits per heavy atom. The average molecular weight is 287 g/mol. The molecule has 1 atom stereocenters. The van der Waals surface area contributed by atoms with E-state index in [-0.39, 0.29) is 0 Å². The van der Waals surface area contributed by atoms with E-state index in [0.717, 1.165) is 62.5 Å². The van der Waals surface area contributed by atoms with Crippen LogP contribution in [0.15, 0.2) is 18.3 Å². The lowest BCUT2D eigenvalue weighted by Gasteiger charge is -2.25. The molecule has 112 valence electrons. The predicted molar refractivity (Wildman–Crippen MR) is 79.3 cm³/mol. The standard InChI is InChI=1S/C16H21N3O2/c1-4-14-16(17-7-1)19(12-5-9-20-10-6-12)15(18-14)11-13-3-2-8-21-13/h1,4,7,12-13H,2-3,5-6,8-11H2. The number of hydrogen-bond donors (Lipinski definition) is 0. The summed E-state index contributed by atoms with van der Waals surface area (Å²) in [5.41, 5.74) is 2.01. The van der Waals surface area contributed by atoms with Crippen molar-refractivity contribution in [2.24, 2.45) is 0 Å². The van der Waals surface area contributed by atoms with Crippen LogP contribution in [0, 0.1) is 0 Å². The van der Waals surface area contributed by atoms with Gasteiger partial charge >= 0.3 is 0 Å². The Balaban J connectivity index is 1.72. The number of nitrogens with zero attached hydrogens (tertiary/aromatic N) is 3. The van der Waals surface area contributed by atoms with Crippen molar-refractivity contribution in [2.45, 2.75) is 44.2 Å². The molecule has 0 saturated carbocycles. The molecule has 2 fully saturated rings. The fraction of sp³-hybridized carbons (Fsp3) is 0.625. The van der Waals surface area contributed by atoms with Crippen LogP contribution in [0.25, 0.3) is 11.2 Å². The third-order valence-electron chi connectivity index (χ3n) is 4.51. The van der Waals surface area contributed by atoms with Crippen molar-refractivity contribution in [1.82, 2.24) is 14.5 Å². The Bertz CT molecular complexity index is 613. The summed E-state index contributed by atoms with van der Waals surface area (Å²) in [6.45, 7) is 2.55. The fourth-order valence-electron chi connectivity index (χ4n) is 3.46. The first-order valence-electron chi connectivity index (χ1n) is 7.93. The third-order valence-corrected chi connectivity index (χ3v) is 4.51. The minimum absolute atomic E-state index is 0.320. The second-order valence-corrected chi connectivity index (χ2v) is 5.93. The van der Waals surface area contributed by atoms with Gasteiger partial charge in [-0.05, 0) is 37.8 Å². The van der Waals surface area contributed by atoms with E-state index in [9.17, 15) is 0 Å². The van der Waals surface area contributed by atoms with E-state index in [1.807, 2.05) is 12.3 Å². The summed E-state index contributed by atoms with van der Waals surface area (Å²) in [7, 11) is 0. The smallest absolute Gasteiger partial charge is 0.160 e. The molecule has 2 aromatic heterocycles. The zero-order valence-electron chi connectivity index (χ0n) is 12.2. The topological polar surface area (TPSA) is 49.2 Å². The van der Waals surface area contributed by atoms with E-state index in [1.54, 1.807) is 0 Å². The van der Waals surface area contributed by atoms with E-state index in [4.69, 9.17) is 14.5 Å². The number of pyridine rings is 1. The van der Waals surface area contributed by atoms with Crippen molar-refractivity contribution in [3.63, 3.8) is 0 Å². The quantitative estimate of drug-likeness (QED) is 0.870. The highest BCUT2D eigenvalue weighted by Gasteiger charge is 2.25. The van der Waals surface area contributed by atoms with Crippen LogP contribution in [0.4, 0.5) is 0 Å². The summed E-state index contributed by atoms with van der Waals surface area (Å²) < 4.78 is 13.6. The Morgan fingerprint density at radius 1 is 1.19 bits per heavy atom. The van der Waals surface area contributed by atoms with E-state index in [0.29, 0.717) is 12.1 Å². The number of hydrogen-bond acceptors (Lipinski definition) is 4. The molecule has 2 saturated heterocycles. The summed E-state index contributed by atoms with van der Waals surface area (Å²) in [4.78, 5) is 9.40. The molecule has 21 heavy (non-hydrogen) atoms. The van der Waals surface area contributed by atoms with Crippen molar-refractivity contribution in [2.75, 3.05) is 19.8 Å².